The number of amides is 1. The number of ether oxygens (including phenoxy) is 1. The molecule has 0 saturated heterocycles. The van der Waals surface area contributed by atoms with Crippen molar-refractivity contribution in [2.45, 2.75) is 52.2 Å². The normalized spacial score (nSPS) is 24.3. The van der Waals surface area contributed by atoms with E-state index < -0.39 is 0 Å². The van der Waals surface area contributed by atoms with Crippen LogP contribution in [0.25, 0.3) is 0 Å². The Bertz CT molecular complexity index is 285. The Hall–Kier alpha value is -0.320. The van der Waals surface area contributed by atoms with Crippen molar-refractivity contribution in [3.05, 3.63) is 0 Å². The first kappa shape index (κ1) is 18.7. The minimum absolute atomic E-state index is 0. The van der Waals surface area contributed by atoms with Crippen LogP contribution in [0, 0.1) is 5.41 Å². The number of hydrogen-bond donors (Lipinski definition) is 1. The number of nitrogens with zero attached hydrogens (tertiary/aromatic N) is 1. The molecule has 1 rings (SSSR count). The summed E-state index contributed by atoms with van der Waals surface area (Å²) >= 11 is 0. The molecule has 5 heteroatoms. The van der Waals surface area contributed by atoms with E-state index in [9.17, 15) is 4.79 Å². The minimum atomic E-state index is 0. The van der Waals surface area contributed by atoms with Gasteiger partial charge in [0, 0.05) is 31.5 Å². The standard InChI is InChI=1S/C14H28N2O2.ClH/c1-6-18-12-10-11(14(12,2)3)16(5)13(17)8-7-9-15-4;/h11-12,15H,6-10H2,1-5H3;1H. The van der Waals surface area contributed by atoms with E-state index >= 15 is 0 Å². The summed E-state index contributed by atoms with van der Waals surface area (Å²) in [6, 6.07) is 0.316. The molecule has 4 nitrogen and oxygen atoms in total. The third kappa shape index (κ3) is 4.33. The van der Waals surface area contributed by atoms with E-state index in [2.05, 4.69) is 19.2 Å². The predicted octanol–water partition coefficient (Wildman–Crippen LogP) is 2.07. The number of hydrogen-bond acceptors (Lipinski definition) is 3. The Morgan fingerprint density at radius 1 is 1.47 bits per heavy atom. The summed E-state index contributed by atoms with van der Waals surface area (Å²) in [5, 5.41) is 3.07. The number of carbonyl (C=O) groups is 1. The van der Waals surface area contributed by atoms with Crippen molar-refractivity contribution in [3.8, 4) is 0 Å². The van der Waals surface area contributed by atoms with Crippen molar-refractivity contribution in [3.63, 3.8) is 0 Å². The highest BCUT2D eigenvalue weighted by molar-refractivity contribution is 5.85. The highest BCUT2D eigenvalue weighted by Gasteiger charge is 2.51. The molecule has 19 heavy (non-hydrogen) atoms. The summed E-state index contributed by atoms with van der Waals surface area (Å²) in [5.41, 5.74) is 0.0728. The summed E-state index contributed by atoms with van der Waals surface area (Å²) in [7, 11) is 3.84. The summed E-state index contributed by atoms with van der Waals surface area (Å²) in [5.74, 6) is 0.248. The topological polar surface area (TPSA) is 41.6 Å². The van der Waals surface area contributed by atoms with Gasteiger partial charge in [0.05, 0.1) is 6.10 Å². The zero-order valence-electron chi connectivity index (χ0n) is 12.9. The van der Waals surface area contributed by atoms with Gasteiger partial charge in [0.15, 0.2) is 0 Å². The molecule has 1 fully saturated rings. The second-order valence-electron chi connectivity index (χ2n) is 5.73. The van der Waals surface area contributed by atoms with Gasteiger partial charge in [0.2, 0.25) is 5.91 Å². The second-order valence-corrected chi connectivity index (χ2v) is 5.73. The van der Waals surface area contributed by atoms with Gasteiger partial charge in [0.25, 0.3) is 0 Å². The van der Waals surface area contributed by atoms with Gasteiger partial charge in [-0.25, -0.2) is 0 Å². The highest BCUT2D eigenvalue weighted by Crippen LogP contribution is 2.45. The van der Waals surface area contributed by atoms with Gasteiger partial charge in [-0.15, -0.1) is 12.4 Å². The largest absolute Gasteiger partial charge is 0.378 e. The molecule has 0 spiro atoms. The molecule has 1 saturated carbocycles. The lowest BCUT2D eigenvalue weighted by Gasteiger charge is -2.54. The zero-order valence-corrected chi connectivity index (χ0v) is 13.7. The van der Waals surface area contributed by atoms with Crippen LogP contribution in [0.1, 0.15) is 40.0 Å². The quantitative estimate of drug-likeness (QED) is 0.731. The lowest BCUT2D eigenvalue weighted by molar-refractivity contribution is -0.163. The van der Waals surface area contributed by atoms with Crippen LogP contribution in [0.4, 0.5) is 0 Å². The average molecular weight is 293 g/mol. The summed E-state index contributed by atoms with van der Waals surface area (Å²) in [4.78, 5) is 14.0. The molecule has 2 atom stereocenters. The molecule has 1 N–H and O–H groups in total. The zero-order chi connectivity index (χ0) is 13.8. The molecule has 0 aromatic heterocycles. The Labute approximate surface area is 123 Å². The van der Waals surface area contributed by atoms with E-state index in [-0.39, 0.29) is 23.7 Å². The van der Waals surface area contributed by atoms with Gasteiger partial charge in [-0.2, -0.15) is 0 Å². The SMILES string of the molecule is CCOC1CC(N(C)C(=O)CCCNC)C1(C)C.Cl. The Morgan fingerprint density at radius 2 is 2.11 bits per heavy atom. The van der Waals surface area contributed by atoms with Crippen molar-refractivity contribution < 1.29 is 9.53 Å². The number of halogens is 1. The summed E-state index contributed by atoms with van der Waals surface area (Å²) in [6.45, 7) is 8.06. The first-order chi connectivity index (χ1) is 8.45. The first-order valence-corrected chi connectivity index (χ1v) is 6.97. The molecule has 114 valence electrons. The van der Waals surface area contributed by atoms with E-state index in [1.54, 1.807) is 0 Å². The Morgan fingerprint density at radius 3 is 2.58 bits per heavy atom. The second kappa shape index (κ2) is 8.08. The lowest BCUT2D eigenvalue weighted by atomic mass is 9.63. The number of rotatable bonds is 7. The molecule has 0 aliphatic heterocycles. The number of nitrogens with one attached hydrogen (secondary N) is 1. The van der Waals surface area contributed by atoms with E-state index in [1.807, 2.05) is 25.9 Å². The average Bonchev–Trinajstić information content (AvgIpc) is 2.33. The van der Waals surface area contributed by atoms with Crippen molar-refractivity contribution in [1.29, 1.82) is 0 Å². The fourth-order valence-corrected chi connectivity index (χ4v) is 2.77. The van der Waals surface area contributed by atoms with Crippen LogP contribution in [0.3, 0.4) is 0 Å². The third-order valence-corrected chi connectivity index (χ3v) is 4.17. The van der Waals surface area contributed by atoms with Gasteiger partial charge in [0.1, 0.15) is 0 Å². The van der Waals surface area contributed by atoms with Crippen molar-refractivity contribution in [2.75, 3.05) is 27.2 Å². The monoisotopic (exact) mass is 292 g/mol. The molecule has 0 bridgehead atoms. The fraction of sp³-hybridized carbons (Fsp3) is 0.929. The molecule has 0 radical (unpaired) electrons. The van der Waals surface area contributed by atoms with Crippen LogP contribution in [0.2, 0.25) is 0 Å². The van der Waals surface area contributed by atoms with Crippen molar-refractivity contribution in [2.24, 2.45) is 5.41 Å². The maximum atomic E-state index is 12.1. The van der Waals surface area contributed by atoms with E-state index in [0.29, 0.717) is 18.6 Å². The highest BCUT2D eigenvalue weighted by atomic mass is 35.5. The Kier molecular flexibility index (Phi) is 7.94. The van der Waals surface area contributed by atoms with Crippen LogP contribution >= 0.6 is 12.4 Å². The molecule has 0 heterocycles. The minimum Gasteiger partial charge on any atom is -0.378 e. The molecule has 1 aliphatic rings. The molecule has 1 aliphatic carbocycles. The lowest BCUT2D eigenvalue weighted by Crippen LogP contribution is -2.62. The molecular formula is C14H29ClN2O2. The van der Waals surface area contributed by atoms with Crippen LogP contribution in [0.5, 0.6) is 0 Å². The summed E-state index contributed by atoms with van der Waals surface area (Å²) in [6.07, 6.45) is 2.79. The van der Waals surface area contributed by atoms with Gasteiger partial charge in [-0.3, -0.25) is 4.79 Å². The van der Waals surface area contributed by atoms with Crippen LogP contribution in [-0.4, -0.2) is 50.2 Å². The van der Waals surface area contributed by atoms with E-state index in [1.165, 1.54) is 0 Å². The molecule has 1 amide bonds. The smallest absolute Gasteiger partial charge is 0.222 e. The molecule has 2 unspecified atom stereocenters. The maximum Gasteiger partial charge on any atom is 0.222 e. The number of carbonyl (C=O) groups excluding carboxylic acids is 1. The molecule has 0 aromatic carbocycles. The van der Waals surface area contributed by atoms with Crippen LogP contribution in [-0.2, 0) is 9.53 Å². The van der Waals surface area contributed by atoms with Crippen LogP contribution in [0.15, 0.2) is 0 Å². The van der Waals surface area contributed by atoms with Crippen molar-refractivity contribution in [1.82, 2.24) is 10.2 Å². The molecule has 0 aromatic rings. The van der Waals surface area contributed by atoms with Gasteiger partial charge < -0.3 is 15.0 Å². The maximum absolute atomic E-state index is 12.1. The van der Waals surface area contributed by atoms with E-state index in [0.717, 1.165) is 26.0 Å². The van der Waals surface area contributed by atoms with Gasteiger partial charge >= 0.3 is 0 Å². The van der Waals surface area contributed by atoms with Gasteiger partial charge in [-0.05, 0) is 33.4 Å². The third-order valence-electron chi connectivity index (χ3n) is 4.17. The van der Waals surface area contributed by atoms with Gasteiger partial charge in [-0.1, -0.05) is 13.8 Å². The Balaban J connectivity index is 0.00000324. The summed E-state index contributed by atoms with van der Waals surface area (Å²) < 4.78 is 5.70. The van der Waals surface area contributed by atoms with Crippen molar-refractivity contribution >= 4 is 18.3 Å². The van der Waals surface area contributed by atoms with E-state index in [4.69, 9.17) is 4.74 Å². The fourth-order valence-electron chi connectivity index (χ4n) is 2.77. The van der Waals surface area contributed by atoms with Crippen LogP contribution < -0.4 is 5.32 Å². The predicted molar refractivity (Wildman–Crippen MR) is 80.8 cm³/mol. The first-order valence-electron chi connectivity index (χ1n) is 6.97. The molecular weight excluding hydrogens is 264 g/mol.